The van der Waals surface area contributed by atoms with Gasteiger partial charge in [0.25, 0.3) is 15.9 Å². The molecule has 4 N–H and O–H groups in total. The molecular weight excluding hydrogens is 436 g/mol. The second kappa shape index (κ2) is 8.80. The van der Waals surface area contributed by atoms with Gasteiger partial charge in [0.2, 0.25) is 0 Å². The lowest BCUT2D eigenvalue weighted by molar-refractivity contribution is 0.102. The predicted octanol–water partition coefficient (Wildman–Crippen LogP) is 1.84. The minimum absolute atomic E-state index is 0.0143. The Hall–Kier alpha value is -3.35. The molecule has 0 radical (unpaired) electrons. The number of nitrogens with one attached hydrogen (secondary N) is 2. The molecule has 3 aromatic rings. The Morgan fingerprint density at radius 1 is 0.806 bits per heavy atom. The van der Waals surface area contributed by atoms with E-state index in [2.05, 4.69) is 10.0 Å². The first kappa shape index (κ1) is 22.3. The minimum atomic E-state index is -4.46. The molecule has 3 aromatic carbocycles. The molecule has 0 aromatic heterocycles. The normalized spacial score (nSPS) is 11.1. The molecule has 0 saturated heterocycles. The number of carbonyl (C=O) groups is 1. The highest BCUT2D eigenvalue weighted by Crippen LogP contribution is 2.21. The van der Waals surface area contributed by atoms with Crippen molar-refractivity contribution in [2.75, 3.05) is 10.0 Å². The minimum Gasteiger partial charge on any atom is -0.423 e. The summed E-state index contributed by atoms with van der Waals surface area (Å²) in [5, 5.41) is 20.4. The summed E-state index contributed by atoms with van der Waals surface area (Å²) in [7, 11) is -6.20. The molecule has 3 rings (SSSR count). The number of hydrogen-bond acceptors (Lipinski definition) is 5. The van der Waals surface area contributed by atoms with Gasteiger partial charge in [-0.05, 0) is 47.9 Å². The standard InChI is InChI=1S/C19H14BF3N2O5S/c21-15-8-6-14(10-17(15)23)24-19(26)11-1-7-16(22)18(9-11)31(29,30)25-13-4-2-12(3-5-13)20(27)28/h1-10,25,27-28H,(H,24,26). The maximum Gasteiger partial charge on any atom is 0.488 e. The second-order valence-corrected chi connectivity index (χ2v) is 7.98. The lowest BCUT2D eigenvalue weighted by Gasteiger charge is -2.11. The summed E-state index contributed by atoms with van der Waals surface area (Å²) in [5.41, 5.74) is -0.197. The van der Waals surface area contributed by atoms with E-state index in [0.717, 1.165) is 36.4 Å². The summed E-state index contributed by atoms with van der Waals surface area (Å²) in [4.78, 5) is 11.5. The molecule has 31 heavy (non-hydrogen) atoms. The first-order valence-electron chi connectivity index (χ1n) is 8.62. The Morgan fingerprint density at radius 2 is 1.42 bits per heavy atom. The third kappa shape index (κ3) is 5.23. The summed E-state index contributed by atoms with van der Waals surface area (Å²) < 4.78 is 67.8. The molecule has 160 valence electrons. The van der Waals surface area contributed by atoms with Gasteiger partial charge in [-0.1, -0.05) is 12.1 Å². The number of hydrogen-bond donors (Lipinski definition) is 4. The molecule has 0 atom stereocenters. The van der Waals surface area contributed by atoms with E-state index in [1.165, 1.54) is 24.3 Å². The van der Waals surface area contributed by atoms with Crippen LogP contribution in [0.4, 0.5) is 24.5 Å². The average Bonchev–Trinajstić information content (AvgIpc) is 2.71. The number of carbonyl (C=O) groups excluding carboxylic acids is 1. The van der Waals surface area contributed by atoms with Gasteiger partial charge >= 0.3 is 7.12 Å². The number of benzene rings is 3. The molecule has 1 amide bonds. The zero-order valence-electron chi connectivity index (χ0n) is 15.5. The van der Waals surface area contributed by atoms with Crippen molar-refractivity contribution in [1.82, 2.24) is 0 Å². The van der Waals surface area contributed by atoms with E-state index in [1.807, 2.05) is 0 Å². The third-order valence-electron chi connectivity index (χ3n) is 4.12. The number of amides is 1. The van der Waals surface area contributed by atoms with Gasteiger partial charge in [0.1, 0.15) is 10.7 Å². The van der Waals surface area contributed by atoms with Crippen LogP contribution in [0.3, 0.4) is 0 Å². The Labute approximate surface area is 175 Å². The van der Waals surface area contributed by atoms with Gasteiger partial charge in [-0.3, -0.25) is 9.52 Å². The van der Waals surface area contributed by atoms with E-state index in [1.54, 1.807) is 0 Å². The van der Waals surface area contributed by atoms with Gasteiger partial charge < -0.3 is 15.4 Å². The monoisotopic (exact) mass is 450 g/mol. The first-order chi connectivity index (χ1) is 14.6. The molecule has 0 aliphatic carbocycles. The smallest absolute Gasteiger partial charge is 0.423 e. The second-order valence-electron chi connectivity index (χ2n) is 6.33. The molecule has 0 fully saturated rings. The van der Waals surface area contributed by atoms with Crippen LogP contribution in [0.2, 0.25) is 0 Å². The van der Waals surface area contributed by atoms with Crippen LogP contribution in [0, 0.1) is 17.5 Å². The highest BCUT2D eigenvalue weighted by molar-refractivity contribution is 7.92. The van der Waals surface area contributed by atoms with Crippen LogP contribution in [0.5, 0.6) is 0 Å². The van der Waals surface area contributed by atoms with Crippen LogP contribution < -0.4 is 15.5 Å². The van der Waals surface area contributed by atoms with Crippen molar-refractivity contribution in [3.8, 4) is 0 Å². The molecule has 0 saturated carbocycles. The molecule has 7 nitrogen and oxygen atoms in total. The summed E-state index contributed by atoms with van der Waals surface area (Å²) in [6.07, 6.45) is 0. The zero-order valence-corrected chi connectivity index (χ0v) is 16.3. The van der Waals surface area contributed by atoms with Gasteiger partial charge in [-0.25, -0.2) is 21.6 Å². The van der Waals surface area contributed by atoms with Crippen LogP contribution in [-0.4, -0.2) is 31.5 Å². The fraction of sp³-hybridized carbons (Fsp3) is 0. The van der Waals surface area contributed by atoms with Crippen LogP contribution in [0.15, 0.2) is 65.6 Å². The van der Waals surface area contributed by atoms with Crippen molar-refractivity contribution in [3.63, 3.8) is 0 Å². The van der Waals surface area contributed by atoms with E-state index in [9.17, 15) is 26.4 Å². The van der Waals surface area contributed by atoms with Gasteiger partial charge in [-0.2, -0.15) is 0 Å². The molecule has 0 heterocycles. The number of halogens is 3. The van der Waals surface area contributed by atoms with Crippen molar-refractivity contribution in [2.45, 2.75) is 4.90 Å². The summed E-state index contributed by atoms with van der Waals surface area (Å²) >= 11 is 0. The van der Waals surface area contributed by atoms with Crippen molar-refractivity contribution < 1.29 is 36.4 Å². The highest BCUT2D eigenvalue weighted by atomic mass is 32.2. The average molecular weight is 450 g/mol. The molecule has 0 aliphatic rings. The molecule has 0 aliphatic heterocycles. The number of rotatable bonds is 6. The summed E-state index contributed by atoms with van der Waals surface area (Å²) in [6, 6.07) is 10.2. The Morgan fingerprint density at radius 3 is 2.03 bits per heavy atom. The van der Waals surface area contributed by atoms with Gasteiger partial charge in [-0.15, -0.1) is 0 Å². The van der Waals surface area contributed by atoms with Crippen molar-refractivity contribution in [3.05, 3.63) is 83.7 Å². The van der Waals surface area contributed by atoms with Crippen LogP contribution in [0.25, 0.3) is 0 Å². The molecule has 12 heteroatoms. The molecular formula is C19H14BF3N2O5S. The van der Waals surface area contributed by atoms with E-state index in [4.69, 9.17) is 10.0 Å². The molecule has 0 unspecified atom stereocenters. The number of sulfonamides is 1. The van der Waals surface area contributed by atoms with Crippen LogP contribution in [-0.2, 0) is 10.0 Å². The van der Waals surface area contributed by atoms with E-state index in [0.29, 0.717) is 0 Å². The van der Waals surface area contributed by atoms with Crippen molar-refractivity contribution in [2.24, 2.45) is 0 Å². The lowest BCUT2D eigenvalue weighted by Crippen LogP contribution is -2.29. The predicted molar refractivity (Wildman–Crippen MR) is 108 cm³/mol. The summed E-state index contributed by atoms with van der Waals surface area (Å²) in [5.74, 6) is -4.30. The quantitative estimate of drug-likeness (QED) is 0.428. The van der Waals surface area contributed by atoms with Gasteiger partial charge in [0.15, 0.2) is 11.6 Å². The SMILES string of the molecule is O=C(Nc1ccc(F)c(F)c1)c1ccc(F)c(S(=O)(=O)Nc2ccc(B(O)O)cc2)c1. The summed E-state index contributed by atoms with van der Waals surface area (Å²) in [6.45, 7) is 0. The topological polar surface area (TPSA) is 116 Å². The van der Waals surface area contributed by atoms with Crippen LogP contribution in [0.1, 0.15) is 10.4 Å². The van der Waals surface area contributed by atoms with Crippen molar-refractivity contribution >= 4 is 39.9 Å². The first-order valence-corrected chi connectivity index (χ1v) is 10.1. The van der Waals surface area contributed by atoms with E-state index >= 15 is 0 Å². The molecule has 0 bridgehead atoms. The third-order valence-corrected chi connectivity index (χ3v) is 5.52. The maximum atomic E-state index is 14.2. The largest absolute Gasteiger partial charge is 0.488 e. The van der Waals surface area contributed by atoms with Crippen LogP contribution >= 0.6 is 0 Å². The zero-order chi connectivity index (χ0) is 22.8. The van der Waals surface area contributed by atoms with E-state index in [-0.39, 0.29) is 22.4 Å². The van der Waals surface area contributed by atoms with E-state index < -0.39 is 45.4 Å². The Bertz CT molecular complexity index is 1240. The van der Waals surface area contributed by atoms with Gasteiger partial charge in [0, 0.05) is 23.0 Å². The lowest BCUT2D eigenvalue weighted by atomic mass is 9.80. The fourth-order valence-electron chi connectivity index (χ4n) is 2.56. The van der Waals surface area contributed by atoms with Gasteiger partial charge in [0.05, 0.1) is 0 Å². The van der Waals surface area contributed by atoms with Crippen molar-refractivity contribution in [1.29, 1.82) is 0 Å². The number of anilines is 2. The highest BCUT2D eigenvalue weighted by Gasteiger charge is 2.22. The Balaban J connectivity index is 1.85. The Kier molecular flexibility index (Phi) is 6.34. The maximum absolute atomic E-state index is 14.2. The molecule has 0 spiro atoms. The fourth-order valence-corrected chi connectivity index (χ4v) is 3.72.